The summed E-state index contributed by atoms with van der Waals surface area (Å²) in [5, 5.41) is 9.89. The van der Waals surface area contributed by atoms with E-state index in [0.29, 0.717) is 5.39 Å². The van der Waals surface area contributed by atoms with E-state index in [1.54, 1.807) is 30.3 Å². The molecule has 0 heterocycles. The Morgan fingerprint density at radius 3 is 1.70 bits per heavy atom. The van der Waals surface area contributed by atoms with Crippen molar-refractivity contribution >= 4 is 37.0 Å². The second-order valence-electron chi connectivity index (χ2n) is 5.23. The fraction of sp³-hybridized carbons (Fsp3) is 0. The van der Waals surface area contributed by atoms with Gasteiger partial charge in [0.05, 0.1) is 5.56 Å². The van der Waals surface area contributed by atoms with Crippen LogP contribution in [0.15, 0.2) is 76.5 Å². The van der Waals surface area contributed by atoms with Gasteiger partial charge in [-0.05, 0) is 23.6 Å². The fourth-order valence-corrected chi connectivity index (χ4v) is 3.69. The number of aromatic carboxylic acids is 1. The molecule has 0 fully saturated rings. The highest BCUT2D eigenvalue weighted by atomic mass is 32.2. The molecule has 3 N–H and O–H groups in total. The molecular formula is C17H14O8S2. The molecule has 0 aliphatic heterocycles. The van der Waals surface area contributed by atoms with Gasteiger partial charge in [0, 0.05) is 5.39 Å². The highest BCUT2D eigenvalue weighted by Gasteiger charge is 2.18. The van der Waals surface area contributed by atoms with E-state index in [2.05, 4.69) is 0 Å². The first-order valence-electron chi connectivity index (χ1n) is 7.27. The number of carboxylic acid groups (broad SMARTS) is 1. The van der Waals surface area contributed by atoms with Crippen molar-refractivity contribution in [3.05, 3.63) is 72.3 Å². The molecule has 0 spiro atoms. The highest BCUT2D eigenvalue weighted by molar-refractivity contribution is 7.86. The molecule has 10 heteroatoms. The normalized spacial score (nSPS) is 11.5. The molecule has 0 atom stereocenters. The van der Waals surface area contributed by atoms with Crippen LogP contribution in [0.1, 0.15) is 10.4 Å². The number of hydrogen-bond donors (Lipinski definition) is 3. The topological polar surface area (TPSA) is 146 Å². The molecular weight excluding hydrogens is 396 g/mol. The Kier molecular flexibility index (Phi) is 5.96. The van der Waals surface area contributed by atoms with Gasteiger partial charge in [0.1, 0.15) is 9.79 Å². The lowest BCUT2D eigenvalue weighted by molar-refractivity contribution is 0.0692. The summed E-state index contributed by atoms with van der Waals surface area (Å²) in [7, 11) is -8.59. The summed E-state index contributed by atoms with van der Waals surface area (Å²) in [5.41, 5.74) is -0.440. The van der Waals surface area contributed by atoms with Crippen LogP contribution in [0.5, 0.6) is 0 Å². The molecule has 0 amide bonds. The summed E-state index contributed by atoms with van der Waals surface area (Å²) >= 11 is 0. The number of fused-ring (bicyclic) bond motifs is 1. The van der Waals surface area contributed by atoms with Gasteiger partial charge in [-0.25, -0.2) is 4.79 Å². The largest absolute Gasteiger partial charge is 0.478 e. The van der Waals surface area contributed by atoms with E-state index in [4.69, 9.17) is 14.2 Å². The van der Waals surface area contributed by atoms with Crippen LogP contribution in [0.4, 0.5) is 0 Å². The highest BCUT2D eigenvalue weighted by Crippen LogP contribution is 2.22. The number of rotatable bonds is 3. The third-order valence-electron chi connectivity index (χ3n) is 3.42. The smallest absolute Gasteiger partial charge is 0.337 e. The first-order chi connectivity index (χ1) is 12.5. The van der Waals surface area contributed by atoms with E-state index < -0.39 is 36.7 Å². The summed E-state index contributed by atoms with van der Waals surface area (Å²) in [5.74, 6) is -1.40. The third kappa shape index (κ3) is 5.11. The Labute approximate surface area is 155 Å². The van der Waals surface area contributed by atoms with Crippen LogP contribution in [0.2, 0.25) is 0 Å². The molecule has 0 aromatic heterocycles. The van der Waals surface area contributed by atoms with Crippen LogP contribution in [0.3, 0.4) is 0 Å². The van der Waals surface area contributed by atoms with Gasteiger partial charge in [-0.15, -0.1) is 0 Å². The predicted molar refractivity (Wildman–Crippen MR) is 97.0 cm³/mol. The van der Waals surface area contributed by atoms with Gasteiger partial charge in [-0.1, -0.05) is 48.5 Å². The maximum absolute atomic E-state index is 11.0. The minimum Gasteiger partial charge on any atom is -0.478 e. The Balaban J connectivity index is 0.000000194. The van der Waals surface area contributed by atoms with Gasteiger partial charge in [0.15, 0.2) is 0 Å². The van der Waals surface area contributed by atoms with Crippen LogP contribution in [0, 0.1) is 0 Å². The van der Waals surface area contributed by atoms with Gasteiger partial charge < -0.3 is 5.11 Å². The molecule has 0 aliphatic carbocycles. The SMILES string of the molecule is O=C(O)c1ccccc1S(=O)(=O)O.O=S(=O)(O)c1cccc2ccccc12. The quantitative estimate of drug-likeness (QED) is 0.559. The van der Waals surface area contributed by atoms with Crippen molar-refractivity contribution in [2.24, 2.45) is 0 Å². The van der Waals surface area contributed by atoms with Crippen molar-refractivity contribution in [3.8, 4) is 0 Å². The predicted octanol–water partition coefficient (Wildman–Crippen LogP) is 2.72. The molecule has 0 bridgehead atoms. The third-order valence-corrected chi connectivity index (χ3v) is 5.25. The Morgan fingerprint density at radius 1 is 0.667 bits per heavy atom. The summed E-state index contributed by atoms with van der Waals surface area (Å²) in [6.45, 7) is 0. The average Bonchev–Trinajstić information content (AvgIpc) is 2.60. The second-order valence-corrected chi connectivity index (χ2v) is 8.01. The minimum atomic E-state index is -4.46. The van der Waals surface area contributed by atoms with E-state index in [0.717, 1.165) is 17.5 Å². The summed E-state index contributed by atoms with van der Waals surface area (Å²) in [6, 6.07) is 16.6. The molecule has 8 nitrogen and oxygen atoms in total. The maximum atomic E-state index is 11.0. The second kappa shape index (κ2) is 7.84. The number of carboxylic acids is 1. The van der Waals surface area contributed by atoms with Gasteiger partial charge in [0.2, 0.25) is 0 Å². The van der Waals surface area contributed by atoms with Crippen molar-refractivity contribution in [3.63, 3.8) is 0 Å². The minimum absolute atomic E-state index is 0.0457. The zero-order chi connectivity index (χ0) is 20.2. The maximum Gasteiger partial charge on any atom is 0.337 e. The van der Waals surface area contributed by atoms with E-state index in [1.807, 2.05) is 6.07 Å². The fourth-order valence-electron chi connectivity index (χ4n) is 2.29. The van der Waals surface area contributed by atoms with E-state index in [1.165, 1.54) is 18.2 Å². The first kappa shape index (κ1) is 20.5. The summed E-state index contributed by atoms with van der Waals surface area (Å²) < 4.78 is 60.9. The molecule has 0 saturated carbocycles. The summed E-state index contributed by atoms with van der Waals surface area (Å²) in [6.07, 6.45) is 0. The standard InChI is InChI=1S/C10H8O3S.C7H6O5S/c11-14(12,13)10-7-3-5-8-4-1-2-6-9(8)10;8-7(9)5-3-1-2-4-6(5)13(10,11)12/h1-7H,(H,11,12,13);1-4H,(H,8,9)(H,10,11,12). The zero-order valence-electron chi connectivity index (χ0n) is 13.6. The number of benzene rings is 3. The van der Waals surface area contributed by atoms with Crippen LogP contribution in [-0.2, 0) is 20.2 Å². The van der Waals surface area contributed by atoms with Gasteiger partial charge in [-0.2, -0.15) is 16.8 Å². The molecule has 0 unspecified atom stereocenters. The van der Waals surface area contributed by atoms with Crippen LogP contribution in [0.25, 0.3) is 10.8 Å². The molecule has 3 rings (SSSR count). The molecule has 0 saturated heterocycles. The Bertz CT molecular complexity index is 1190. The Hall–Kier alpha value is -2.79. The van der Waals surface area contributed by atoms with Crippen molar-refractivity contribution < 1.29 is 35.8 Å². The number of hydrogen-bond acceptors (Lipinski definition) is 5. The molecule has 3 aromatic rings. The average molecular weight is 410 g/mol. The van der Waals surface area contributed by atoms with Gasteiger partial charge in [0.25, 0.3) is 20.2 Å². The molecule has 3 aromatic carbocycles. The molecule has 0 radical (unpaired) electrons. The van der Waals surface area contributed by atoms with Crippen LogP contribution in [-0.4, -0.2) is 37.0 Å². The van der Waals surface area contributed by atoms with Crippen molar-refractivity contribution in [2.75, 3.05) is 0 Å². The first-order valence-corrected chi connectivity index (χ1v) is 10.1. The lowest BCUT2D eigenvalue weighted by Crippen LogP contribution is -2.07. The van der Waals surface area contributed by atoms with Crippen molar-refractivity contribution in [1.82, 2.24) is 0 Å². The van der Waals surface area contributed by atoms with Crippen LogP contribution >= 0.6 is 0 Å². The van der Waals surface area contributed by atoms with Crippen LogP contribution < -0.4 is 0 Å². The lowest BCUT2D eigenvalue weighted by Gasteiger charge is -2.02. The lowest BCUT2D eigenvalue weighted by atomic mass is 10.1. The van der Waals surface area contributed by atoms with E-state index >= 15 is 0 Å². The van der Waals surface area contributed by atoms with Gasteiger partial charge >= 0.3 is 5.97 Å². The van der Waals surface area contributed by atoms with E-state index in [9.17, 15) is 21.6 Å². The Morgan fingerprint density at radius 2 is 1.15 bits per heavy atom. The van der Waals surface area contributed by atoms with E-state index in [-0.39, 0.29) is 4.90 Å². The monoisotopic (exact) mass is 410 g/mol. The zero-order valence-corrected chi connectivity index (χ0v) is 15.2. The van der Waals surface area contributed by atoms with Crippen molar-refractivity contribution in [1.29, 1.82) is 0 Å². The van der Waals surface area contributed by atoms with Gasteiger partial charge in [-0.3, -0.25) is 9.11 Å². The molecule has 142 valence electrons. The van der Waals surface area contributed by atoms with Crippen molar-refractivity contribution in [2.45, 2.75) is 9.79 Å². The molecule has 0 aliphatic rings. The molecule has 27 heavy (non-hydrogen) atoms. The number of carbonyl (C=O) groups is 1. The summed E-state index contributed by atoms with van der Waals surface area (Å²) in [4.78, 5) is 9.85.